The number of fused-ring (bicyclic) bond motifs is 4. The highest BCUT2D eigenvalue weighted by atomic mass is 28.4. The second kappa shape index (κ2) is 13.0. The first kappa shape index (κ1) is 34.5. The first-order valence-corrected chi connectivity index (χ1v) is 22.6. The molecule has 2 aliphatic heterocycles. The van der Waals surface area contributed by atoms with Crippen LogP contribution >= 0.6 is 0 Å². The minimum atomic E-state index is -2.19. The van der Waals surface area contributed by atoms with Gasteiger partial charge in [-0.25, -0.2) is 0 Å². The summed E-state index contributed by atoms with van der Waals surface area (Å²) < 4.78 is 33.1. The van der Waals surface area contributed by atoms with Crippen molar-refractivity contribution >= 4 is 34.4 Å². The second-order valence-corrected chi connectivity index (χ2v) is 25.3. The highest BCUT2D eigenvalue weighted by molar-refractivity contribution is 6.75. The van der Waals surface area contributed by atoms with E-state index in [0.29, 0.717) is 32.7 Å². The van der Waals surface area contributed by atoms with Crippen molar-refractivity contribution in [2.24, 2.45) is 0 Å². The molecule has 1 aliphatic carbocycles. The summed E-state index contributed by atoms with van der Waals surface area (Å²) in [6, 6.07) is 10.4. The Morgan fingerprint density at radius 2 is 1.59 bits per heavy atom. The fraction of sp³-hybridized carbons (Fsp3) is 0.526. The van der Waals surface area contributed by atoms with Crippen LogP contribution in [-0.2, 0) is 9.16 Å². The number of hydrogen-bond acceptors (Lipinski definition) is 6. The molecule has 3 aliphatic rings. The van der Waals surface area contributed by atoms with Gasteiger partial charge in [-0.05, 0) is 83.3 Å². The van der Waals surface area contributed by atoms with Gasteiger partial charge >= 0.3 is 0 Å². The van der Waals surface area contributed by atoms with Gasteiger partial charge in [-0.3, -0.25) is 0 Å². The van der Waals surface area contributed by atoms with Crippen LogP contribution in [0.1, 0.15) is 78.0 Å². The number of rotatable bonds is 9. The zero-order valence-corrected chi connectivity index (χ0v) is 31.6. The Morgan fingerprint density at radius 3 is 2.24 bits per heavy atom. The van der Waals surface area contributed by atoms with E-state index in [1.807, 2.05) is 12.1 Å². The van der Waals surface area contributed by atoms with Gasteiger partial charge in [-0.1, -0.05) is 59.8 Å². The monoisotopic (exact) mass is 662 g/mol. The highest BCUT2D eigenvalue weighted by Crippen LogP contribution is 2.43. The lowest BCUT2D eigenvalue weighted by Crippen LogP contribution is -2.45. The van der Waals surface area contributed by atoms with Crippen molar-refractivity contribution in [3.8, 4) is 17.2 Å². The van der Waals surface area contributed by atoms with Crippen LogP contribution in [0.4, 0.5) is 0 Å². The van der Waals surface area contributed by atoms with Crippen LogP contribution < -0.4 is 24.3 Å². The van der Waals surface area contributed by atoms with Crippen molar-refractivity contribution in [2.45, 2.75) is 103 Å². The lowest BCUT2D eigenvalue weighted by atomic mass is 9.91. The summed E-state index contributed by atoms with van der Waals surface area (Å²) in [6.07, 6.45) is 8.82. The molecule has 46 heavy (non-hydrogen) atoms. The first-order valence-electron chi connectivity index (χ1n) is 16.8. The number of aliphatic hydroxyl groups is 1. The predicted molar refractivity (Wildman–Crippen MR) is 193 cm³/mol. The second-order valence-electron chi connectivity index (χ2n) is 15.8. The molecule has 0 saturated carbocycles. The molecule has 0 aromatic heterocycles. The lowest BCUT2D eigenvalue weighted by molar-refractivity contribution is 0.0673. The van der Waals surface area contributed by atoms with Gasteiger partial charge in [-0.15, -0.1) is 0 Å². The van der Waals surface area contributed by atoms with Crippen LogP contribution in [0.5, 0.6) is 17.2 Å². The summed E-state index contributed by atoms with van der Waals surface area (Å²) in [5.41, 5.74) is 4.49. The van der Waals surface area contributed by atoms with Crippen LogP contribution in [0, 0.1) is 0 Å². The fourth-order valence-electron chi connectivity index (χ4n) is 5.47. The minimum Gasteiger partial charge on any atom is -0.543 e. The van der Waals surface area contributed by atoms with Crippen LogP contribution in [-0.4, -0.2) is 48.2 Å². The van der Waals surface area contributed by atoms with Crippen molar-refractivity contribution in [1.29, 1.82) is 0 Å². The van der Waals surface area contributed by atoms with Gasteiger partial charge in [0.05, 0.1) is 25.9 Å². The Morgan fingerprint density at radius 1 is 0.913 bits per heavy atom. The third-order valence-electron chi connectivity index (χ3n) is 10.3. The average Bonchev–Trinajstić information content (AvgIpc) is 3.12. The molecule has 0 amide bonds. The van der Waals surface area contributed by atoms with E-state index >= 15 is 0 Å². The van der Waals surface area contributed by atoms with Gasteiger partial charge in [0.25, 0.3) is 8.32 Å². The van der Waals surface area contributed by atoms with Gasteiger partial charge in [-0.2, -0.15) is 0 Å². The molecule has 2 heterocycles. The Bertz CT molecular complexity index is 1620. The van der Waals surface area contributed by atoms with Crippen molar-refractivity contribution in [1.82, 2.24) is 0 Å². The molecule has 2 aromatic carbocycles. The van der Waals surface area contributed by atoms with E-state index in [-0.39, 0.29) is 22.8 Å². The Kier molecular flexibility index (Phi) is 9.78. The number of allylic oxidation sites excluding steroid dienone is 1. The smallest absolute Gasteiger partial charge is 0.250 e. The summed E-state index contributed by atoms with van der Waals surface area (Å²) in [6.45, 7) is 24.6. The van der Waals surface area contributed by atoms with Crippen LogP contribution in [0.15, 0.2) is 47.7 Å². The molecule has 0 radical (unpaired) electrons. The van der Waals surface area contributed by atoms with Crippen LogP contribution in [0.2, 0.25) is 36.3 Å². The van der Waals surface area contributed by atoms with Crippen molar-refractivity contribution in [3.05, 3.63) is 69.3 Å². The van der Waals surface area contributed by atoms with E-state index in [2.05, 4.69) is 104 Å². The summed E-state index contributed by atoms with van der Waals surface area (Å²) in [5, 5.41) is 11.3. The molecule has 1 saturated heterocycles. The van der Waals surface area contributed by atoms with E-state index in [1.165, 1.54) is 5.57 Å². The molecular formula is C38H54O6Si2. The largest absolute Gasteiger partial charge is 0.543 e. The molecule has 1 N–H and O–H groups in total. The molecular weight excluding hydrogens is 609 g/mol. The Labute approximate surface area is 278 Å². The first-order chi connectivity index (χ1) is 21.5. The highest BCUT2D eigenvalue weighted by Gasteiger charge is 2.41. The predicted octanol–water partition coefficient (Wildman–Crippen LogP) is 8.01. The molecule has 1 atom stereocenters. The number of hydrogen-bond donors (Lipinski definition) is 1. The maximum atomic E-state index is 9.09. The Hall–Kier alpha value is -2.79. The third kappa shape index (κ3) is 7.20. The quantitative estimate of drug-likeness (QED) is 0.217. The third-order valence-corrected chi connectivity index (χ3v) is 19.0. The van der Waals surface area contributed by atoms with E-state index in [4.69, 9.17) is 28.2 Å². The van der Waals surface area contributed by atoms with E-state index in [0.717, 1.165) is 56.6 Å². The number of aliphatic hydroxyl groups excluding tert-OH is 1. The zero-order chi connectivity index (χ0) is 33.5. The molecule has 1 fully saturated rings. The molecule has 250 valence electrons. The molecule has 0 bridgehead atoms. The maximum Gasteiger partial charge on any atom is 0.250 e. The molecule has 0 spiro atoms. The van der Waals surface area contributed by atoms with Gasteiger partial charge in [0.15, 0.2) is 0 Å². The summed E-state index contributed by atoms with van der Waals surface area (Å²) >= 11 is 0. The van der Waals surface area contributed by atoms with Crippen molar-refractivity contribution in [2.75, 3.05) is 26.4 Å². The van der Waals surface area contributed by atoms with E-state index < -0.39 is 16.6 Å². The molecule has 2 aromatic rings. The van der Waals surface area contributed by atoms with E-state index in [9.17, 15) is 0 Å². The summed E-state index contributed by atoms with van der Waals surface area (Å²) in [5.74, 6) is 3.50. The zero-order valence-electron chi connectivity index (χ0n) is 29.6. The summed E-state index contributed by atoms with van der Waals surface area (Å²) in [7, 11) is -4.35. The minimum absolute atomic E-state index is 0.0403. The molecule has 1 unspecified atom stereocenters. The molecule has 6 nitrogen and oxygen atoms in total. The van der Waals surface area contributed by atoms with E-state index in [1.54, 1.807) is 0 Å². The number of benzene rings is 2. The topological polar surface area (TPSA) is 66.4 Å². The summed E-state index contributed by atoms with van der Waals surface area (Å²) in [4.78, 5) is 0. The maximum absolute atomic E-state index is 9.09. The standard InChI is InChI=1S/C38H54O6Si2/c1-37(2,3)45(7,8)43-30-21-28-23-33(26-14-16-29(17-15-26)40-20-12-18-39)42-25-32(28)35-31(24-30)36-27(13-11-19-41-36)22-34(35)44-46(9,10)38(4,5)6/h13-17,21-22,24,33,39H,11-12,18-20,23,25H2,1-10H3. The normalized spacial score (nSPS) is 18.5. The van der Waals surface area contributed by atoms with Gasteiger partial charge in [0.2, 0.25) is 8.32 Å². The SMILES string of the molecule is CC(C)(C)[Si](C)(C)OC1=Cc2c3c(cc(O[Si](C)(C)C(C)(C)C)c2=C2COC(c4ccc(OCCCO)cc4)CC2=C1)=CCCO3. The molecule has 8 heteroatoms. The van der Waals surface area contributed by atoms with Crippen molar-refractivity contribution < 1.29 is 28.2 Å². The van der Waals surface area contributed by atoms with Gasteiger partial charge in [0, 0.05) is 41.9 Å². The van der Waals surface area contributed by atoms with Gasteiger partial charge < -0.3 is 28.2 Å². The van der Waals surface area contributed by atoms with Crippen molar-refractivity contribution in [3.63, 3.8) is 0 Å². The fourth-order valence-corrected chi connectivity index (χ4v) is 7.50. The Balaban J connectivity index is 1.66. The number of ether oxygens (including phenoxy) is 3. The lowest BCUT2D eigenvalue weighted by Gasteiger charge is -2.37. The molecule has 5 rings (SSSR count). The van der Waals surface area contributed by atoms with Gasteiger partial charge in [0.1, 0.15) is 23.0 Å². The van der Waals surface area contributed by atoms with Crippen LogP contribution in [0.3, 0.4) is 0 Å². The van der Waals surface area contributed by atoms with Crippen LogP contribution in [0.25, 0.3) is 17.7 Å². The average molecular weight is 663 g/mol.